The number of rotatable bonds is 4. The molecule has 98 valence electrons. The Morgan fingerprint density at radius 3 is 2.84 bits per heavy atom. The number of carboxylic acid groups (broad SMARTS) is 1. The van der Waals surface area contributed by atoms with Gasteiger partial charge in [-0.3, -0.25) is 4.98 Å². The fourth-order valence-electron chi connectivity index (χ4n) is 1.51. The first-order chi connectivity index (χ1) is 9.04. The molecule has 0 aliphatic rings. The lowest BCUT2D eigenvalue weighted by Crippen LogP contribution is -2.05. The van der Waals surface area contributed by atoms with Gasteiger partial charge in [-0.1, -0.05) is 17.7 Å². The molecule has 0 saturated heterocycles. The van der Waals surface area contributed by atoms with Gasteiger partial charge in [0, 0.05) is 18.4 Å². The lowest BCUT2D eigenvalue weighted by atomic mass is 10.2. The van der Waals surface area contributed by atoms with Crippen molar-refractivity contribution in [3.63, 3.8) is 0 Å². The van der Waals surface area contributed by atoms with Crippen LogP contribution in [0.2, 0.25) is 5.15 Å². The fourth-order valence-corrected chi connectivity index (χ4v) is 1.72. The van der Waals surface area contributed by atoms with E-state index >= 15 is 0 Å². The van der Waals surface area contributed by atoms with Crippen LogP contribution in [0, 0.1) is 6.92 Å². The maximum absolute atomic E-state index is 10.9. The zero-order chi connectivity index (χ0) is 13.8. The van der Waals surface area contributed by atoms with Crippen LogP contribution in [0.5, 0.6) is 0 Å². The van der Waals surface area contributed by atoms with E-state index in [4.69, 9.17) is 16.7 Å². The van der Waals surface area contributed by atoms with Crippen LogP contribution < -0.4 is 5.32 Å². The second-order valence-electron chi connectivity index (χ2n) is 4.03. The Bertz CT molecular complexity index is 599. The van der Waals surface area contributed by atoms with Crippen molar-refractivity contribution in [1.29, 1.82) is 0 Å². The summed E-state index contributed by atoms with van der Waals surface area (Å²) in [6.07, 6.45) is 1.75. The Balaban J connectivity index is 2.11. The molecule has 0 bridgehead atoms. The second kappa shape index (κ2) is 5.67. The van der Waals surface area contributed by atoms with Crippen molar-refractivity contribution in [2.45, 2.75) is 13.5 Å². The molecule has 2 heterocycles. The monoisotopic (exact) mass is 277 g/mol. The standard InChI is InChI=1S/C13H12ClN3O2/c1-8-2-3-9(6-15-8)7-16-12-5-10(13(18)19)4-11(14)17-12/h2-6H,7H2,1H3,(H,16,17)(H,18,19). The van der Waals surface area contributed by atoms with Crippen molar-refractivity contribution in [1.82, 2.24) is 9.97 Å². The summed E-state index contributed by atoms with van der Waals surface area (Å²) in [6.45, 7) is 2.41. The van der Waals surface area contributed by atoms with E-state index in [9.17, 15) is 4.79 Å². The van der Waals surface area contributed by atoms with Gasteiger partial charge in [0.15, 0.2) is 0 Å². The number of anilines is 1. The smallest absolute Gasteiger partial charge is 0.335 e. The highest BCUT2D eigenvalue weighted by Crippen LogP contribution is 2.15. The molecule has 2 aromatic heterocycles. The Morgan fingerprint density at radius 2 is 2.21 bits per heavy atom. The number of pyridine rings is 2. The Morgan fingerprint density at radius 1 is 1.42 bits per heavy atom. The minimum atomic E-state index is -1.04. The first-order valence-electron chi connectivity index (χ1n) is 5.61. The summed E-state index contributed by atoms with van der Waals surface area (Å²) in [4.78, 5) is 19.1. The summed E-state index contributed by atoms with van der Waals surface area (Å²) in [5.41, 5.74) is 2.02. The van der Waals surface area contributed by atoms with Crippen LogP contribution in [0.25, 0.3) is 0 Å². The first-order valence-corrected chi connectivity index (χ1v) is 5.98. The van der Waals surface area contributed by atoms with Crippen LogP contribution >= 0.6 is 11.6 Å². The molecule has 0 aliphatic heterocycles. The van der Waals surface area contributed by atoms with Gasteiger partial charge in [-0.25, -0.2) is 9.78 Å². The highest BCUT2D eigenvalue weighted by atomic mass is 35.5. The zero-order valence-electron chi connectivity index (χ0n) is 10.2. The molecule has 2 aromatic rings. The topological polar surface area (TPSA) is 75.1 Å². The van der Waals surface area contributed by atoms with Gasteiger partial charge in [0.2, 0.25) is 0 Å². The minimum absolute atomic E-state index is 0.101. The van der Waals surface area contributed by atoms with E-state index in [-0.39, 0.29) is 10.7 Å². The van der Waals surface area contributed by atoms with Crippen LogP contribution in [0.1, 0.15) is 21.6 Å². The number of nitrogens with one attached hydrogen (secondary N) is 1. The van der Waals surface area contributed by atoms with Gasteiger partial charge in [-0.05, 0) is 30.7 Å². The third-order valence-electron chi connectivity index (χ3n) is 2.49. The fraction of sp³-hybridized carbons (Fsp3) is 0.154. The molecule has 19 heavy (non-hydrogen) atoms. The van der Waals surface area contributed by atoms with Gasteiger partial charge < -0.3 is 10.4 Å². The highest BCUT2D eigenvalue weighted by Gasteiger charge is 2.07. The van der Waals surface area contributed by atoms with Crippen LogP contribution in [0.4, 0.5) is 5.82 Å². The number of carboxylic acids is 1. The number of nitrogens with zero attached hydrogens (tertiary/aromatic N) is 2. The van der Waals surface area contributed by atoms with Crippen molar-refractivity contribution in [2.24, 2.45) is 0 Å². The van der Waals surface area contributed by atoms with Gasteiger partial charge in [-0.2, -0.15) is 0 Å². The number of aromatic carboxylic acids is 1. The molecule has 0 aliphatic carbocycles. The molecule has 0 saturated carbocycles. The number of hydrogen-bond acceptors (Lipinski definition) is 4. The van der Waals surface area contributed by atoms with Crippen molar-refractivity contribution < 1.29 is 9.90 Å². The molecular formula is C13H12ClN3O2. The Labute approximate surface area is 115 Å². The number of carbonyl (C=O) groups is 1. The molecule has 0 unspecified atom stereocenters. The summed E-state index contributed by atoms with van der Waals surface area (Å²) in [6, 6.07) is 6.60. The van der Waals surface area contributed by atoms with E-state index in [1.165, 1.54) is 12.1 Å². The van der Waals surface area contributed by atoms with Crippen LogP contribution in [0.15, 0.2) is 30.5 Å². The second-order valence-corrected chi connectivity index (χ2v) is 4.42. The van der Waals surface area contributed by atoms with E-state index in [1.54, 1.807) is 6.20 Å². The SMILES string of the molecule is Cc1ccc(CNc2cc(C(=O)O)cc(Cl)n2)cn1. The van der Waals surface area contributed by atoms with E-state index in [1.807, 2.05) is 19.1 Å². The third kappa shape index (κ3) is 3.66. The zero-order valence-corrected chi connectivity index (χ0v) is 11.0. The number of aromatic nitrogens is 2. The summed E-state index contributed by atoms with van der Waals surface area (Å²) >= 11 is 5.77. The van der Waals surface area contributed by atoms with E-state index in [0.717, 1.165) is 11.3 Å². The maximum atomic E-state index is 10.9. The van der Waals surface area contributed by atoms with Gasteiger partial charge in [0.1, 0.15) is 11.0 Å². The minimum Gasteiger partial charge on any atom is -0.478 e. The predicted molar refractivity (Wildman–Crippen MR) is 72.5 cm³/mol. The molecular weight excluding hydrogens is 266 g/mol. The number of hydrogen-bond donors (Lipinski definition) is 2. The van der Waals surface area contributed by atoms with E-state index in [2.05, 4.69) is 15.3 Å². The van der Waals surface area contributed by atoms with Crippen LogP contribution in [-0.2, 0) is 6.54 Å². The normalized spacial score (nSPS) is 10.2. The quantitative estimate of drug-likeness (QED) is 0.841. The molecule has 0 amide bonds. The molecule has 0 fully saturated rings. The third-order valence-corrected chi connectivity index (χ3v) is 2.68. The summed E-state index contributed by atoms with van der Waals surface area (Å²) in [5, 5.41) is 12.1. The number of aryl methyl sites for hydroxylation is 1. The Hall–Kier alpha value is -2.14. The molecule has 6 heteroatoms. The Kier molecular flexibility index (Phi) is 3.97. The average molecular weight is 278 g/mol. The van der Waals surface area contributed by atoms with Gasteiger partial charge in [0.05, 0.1) is 5.56 Å². The predicted octanol–water partition coefficient (Wildman–Crippen LogP) is 2.75. The molecule has 2 N–H and O–H groups in total. The summed E-state index contributed by atoms with van der Waals surface area (Å²) < 4.78 is 0. The first kappa shape index (κ1) is 13.3. The molecule has 0 aromatic carbocycles. The molecule has 0 radical (unpaired) electrons. The van der Waals surface area contributed by atoms with Crippen LogP contribution in [0.3, 0.4) is 0 Å². The molecule has 0 atom stereocenters. The average Bonchev–Trinajstić information content (AvgIpc) is 2.37. The maximum Gasteiger partial charge on any atom is 0.335 e. The summed E-state index contributed by atoms with van der Waals surface area (Å²) in [5.74, 6) is -0.616. The van der Waals surface area contributed by atoms with Gasteiger partial charge in [0.25, 0.3) is 0 Å². The van der Waals surface area contributed by atoms with Crippen molar-refractivity contribution >= 4 is 23.4 Å². The van der Waals surface area contributed by atoms with Gasteiger partial charge in [-0.15, -0.1) is 0 Å². The highest BCUT2D eigenvalue weighted by molar-refractivity contribution is 6.29. The van der Waals surface area contributed by atoms with Crippen molar-refractivity contribution in [3.8, 4) is 0 Å². The van der Waals surface area contributed by atoms with Crippen LogP contribution in [-0.4, -0.2) is 21.0 Å². The molecule has 5 nitrogen and oxygen atoms in total. The van der Waals surface area contributed by atoms with Crippen molar-refractivity contribution in [2.75, 3.05) is 5.32 Å². The lowest BCUT2D eigenvalue weighted by Gasteiger charge is -2.07. The van der Waals surface area contributed by atoms with Gasteiger partial charge >= 0.3 is 5.97 Å². The van der Waals surface area contributed by atoms with E-state index in [0.29, 0.717) is 12.4 Å². The molecule has 2 rings (SSSR count). The lowest BCUT2D eigenvalue weighted by molar-refractivity contribution is 0.0697. The molecule has 0 spiro atoms. The summed E-state index contributed by atoms with van der Waals surface area (Å²) in [7, 11) is 0. The van der Waals surface area contributed by atoms with E-state index < -0.39 is 5.97 Å². The number of halogens is 1. The largest absolute Gasteiger partial charge is 0.478 e. The van der Waals surface area contributed by atoms with Crippen molar-refractivity contribution in [3.05, 3.63) is 52.4 Å².